The van der Waals surface area contributed by atoms with Crippen LogP contribution in [0.1, 0.15) is 35.9 Å². The lowest BCUT2D eigenvalue weighted by Crippen LogP contribution is -2.33. The average Bonchev–Trinajstić information content (AvgIpc) is 2.98. The van der Waals surface area contributed by atoms with Gasteiger partial charge in [-0.25, -0.2) is 4.98 Å². The number of hydrogen-bond donors (Lipinski definition) is 1. The molecule has 1 amide bonds. The molecule has 0 saturated heterocycles. The monoisotopic (exact) mass is 461 g/mol. The summed E-state index contributed by atoms with van der Waals surface area (Å²) in [6, 6.07) is 8.12. The predicted molar refractivity (Wildman–Crippen MR) is 119 cm³/mol. The number of fused-ring (bicyclic) bond motifs is 2. The Hall–Kier alpha value is -2.77. The average molecular weight is 462 g/mol. The molecule has 7 nitrogen and oxygen atoms in total. The molecule has 3 aromatic rings. The lowest BCUT2D eigenvalue weighted by atomic mass is 10.1. The van der Waals surface area contributed by atoms with Crippen LogP contribution in [-0.2, 0) is 6.54 Å². The lowest BCUT2D eigenvalue weighted by Gasteiger charge is -2.22. The summed E-state index contributed by atoms with van der Waals surface area (Å²) >= 11 is 12.4. The molecule has 2 heterocycles. The number of H-pyrrole nitrogens is 1. The molecular formula is C22H21Cl2N3O4. The van der Waals surface area contributed by atoms with E-state index in [1.54, 1.807) is 35.2 Å². The van der Waals surface area contributed by atoms with Gasteiger partial charge in [-0.15, -0.1) is 0 Å². The normalized spacial score (nSPS) is 13.1. The van der Waals surface area contributed by atoms with Gasteiger partial charge in [-0.05, 0) is 36.8 Å². The van der Waals surface area contributed by atoms with Crippen LogP contribution in [0.25, 0.3) is 10.9 Å². The first-order valence-corrected chi connectivity index (χ1v) is 10.8. The quantitative estimate of drug-likeness (QED) is 0.606. The Bertz CT molecular complexity index is 1200. The molecule has 0 unspecified atom stereocenters. The lowest BCUT2D eigenvalue weighted by molar-refractivity contribution is 0.0738. The molecule has 1 N–H and O–H groups in total. The van der Waals surface area contributed by atoms with Gasteiger partial charge >= 0.3 is 0 Å². The molecule has 0 radical (unpaired) electrons. The van der Waals surface area contributed by atoms with E-state index in [2.05, 4.69) is 9.97 Å². The van der Waals surface area contributed by atoms with Crippen LogP contribution in [0.15, 0.2) is 35.1 Å². The van der Waals surface area contributed by atoms with Gasteiger partial charge in [0, 0.05) is 23.6 Å². The molecule has 0 spiro atoms. The van der Waals surface area contributed by atoms with Gasteiger partial charge in [0.1, 0.15) is 5.82 Å². The number of amides is 1. The minimum atomic E-state index is -0.279. The first-order chi connectivity index (χ1) is 15.0. The second kappa shape index (κ2) is 9.16. The van der Waals surface area contributed by atoms with E-state index in [4.69, 9.17) is 32.7 Å². The third kappa shape index (κ3) is 4.62. The van der Waals surface area contributed by atoms with Gasteiger partial charge in [-0.2, -0.15) is 0 Å². The zero-order chi connectivity index (χ0) is 22.0. The van der Waals surface area contributed by atoms with Crippen molar-refractivity contribution in [2.24, 2.45) is 0 Å². The Balaban J connectivity index is 1.66. The van der Waals surface area contributed by atoms with E-state index in [0.29, 0.717) is 63.6 Å². The second-order valence-electron chi connectivity index (χ2n) is 7.24. The SMILES string of the molecule is CCCN(Cc1nc2cc(Cl)ccc2c(=O)[nH]1)C(=O)c1cc(Cl)c2c(c1)OCCCO2. The molecule has 4 rings (SSSR count). The molecule has 162 valence electrons. The Labute approximate surface area is 188 Å². The largest absolute Gasteiger partial charge is 0.489 e. The molecule has 1 aliphatic heterocycles. The number of rotatable bonds is 5. The minimum Gasteiger partial charge on any atom is -0.489 e. The number of nitrogens with zero attached hydrogens (tertiary/aromatic N) is 2. The topological polar surface area (TPSA) is 84.5 Å². The molecule has 1 aromatic heterocycles. The number of halogens is 2. The van der Waals surface area contributed by atoms with Crippen LogP contribution in [0.3, 0.4) is 0 Å². The third-order valence-corrected chi connectivity index (χ3v) is 5.40. The number of ether oxygens (including phenoxy) is 2. The number of hydrogen-bond acceptors (Lipinski definition) is 5. The highest BCUT2D eigenvalue weighted by Crippen LogP contribution is 2.38. The van der Waals surface area contributed by atoms with Gasteiger partial charge in [0.05, 0.1) is 35.7 Å². The molecule has 2 aromatic carbocycles. The Morgan fingerprint density at radius 3 is 2.81 bits per heavy atom. The second-order valence-corrected chi connectivity index (χ2v) is 8.08. The van der Waals surface area contributed by atoms with Crippen molar-refractivity contribution in [1.29, 1.82) is 0 Å². The maximum absolute atomic E-state index is 13.3. The van der Waals surface area contributed by atoms with Crippen LogP contribution in [0.5, 0.6) is 11.5 Å². The Kier molecular flexibility index (Phi) is 6.34. The molecule has 1 aliphatic rings. The highest BCUT2D eigenvalue weighted by atomic mass is 35.5. The summed E-state index contributed by atoms with van der Waals surface area (Å²) in [5.41, 5.74) is 0.585. The van der Waals surface area contributed by atoms with Crippen LogP contribution in [0.2, 0.25) is 10.0 Å². The van der Waals surface area contributed by atoms with Crippen molar-refractivity contribution in [3.8, 4) is 11.5 Å². The summed E-state index contributed by atoms with van der Waals surface area (Å²) in [6.45, 7) is 3.58. The predicted octanol–water partition coefficient (Wildman–Crippen LogP) is 4.44. The van der Waals surface area contributed by atoms with E-state index >= 15 is 0 Å². The van der Waals surface area contributed by atoms with Gasteiger partial charge < -0.3 is 19.4 Å². The van der Waals surface area contributed by atoms with E-state index < -0.39 is 0 Å². The molecule has 0 atom stereocenters. The van der Waals surface area contributed by atoms with Crippen LogP contribution in [0, 0.1) is 0 Å². The van der Waals surface area contributed by atoms with Gasteiger partial charge in [-0.3, -0.25) is 9.59 Å². The molecule has 9 heteroatoms. The van der Waals surface area contributed by atoms with E-state index in [-0.39, 0.29) is 18.0 Å². The summed E-state index contributed by atoms with van der Waals surface area (Å²) in [4.78, 5) is 34.6. The summed E-state index contributed by atoms with van der Waals surface area (Å²) in [5.74, 6) is 1.04. The number of carbonyl (C=O) groups is 1. The highest BCUT2D eigenvalue weighted by molar-refractivity contribution is 6.32. The van der Waals surface area contributed by atoms with Gasteiger partial charge in [-0.1, -0.05) is 30.1 Å². The van der Waals surface area contributed by atoms with Gasteiger partial charge in [0.25, 0.3) is 11.5 Å². The van der Waals surface area contributed by atoms with Crippen LogP contribution in [-0.4, -0.2) is 40.5 Å². The number of aromatic nitrogens is 2. The van der Waals surface area contributed by atoms with Crippen LogP contribution >= 0.6 is 23.2 Å². The molecule has 0 fully saturated rings. The summed E-state index contributed by atoms with van der Waals surface area (Å²) in [7, 11) is 0. The first kappa shape index (κ1) is 21.5. The van der Waals surface area contributed by atoms with E-state index in [9.17, 15) is 9.59 Å². The Morgan fingerprint density at radius 1 is 1.19 bits per heavy atom. The van der Waals surface area contributed by atoms with Crippen molar-refractivity contribution < 1.29 is 14.3 Å². The smallest absolute Gasteiger partial charge is 0.258 e. The summed E-state index contributed by atoms with van der Waals surface area (Å²) in [5, 5.41) is 1.25. The van der Waals surface area contributed by atoms with E-state index in [1.807, 2.05) is 6.92 Å². The van der Waals surface area contributed by atoms with Crippen molar-refractivity contribution in [3.63, 3.8) is 0 Å². The number of nitrogens with one attached hydrogen (secondary N) is 1. The third-order valence-electron chi connectivity index (χ3n) is 4.89. The number of aromatic amines is 1. The molecular weight excluding hydrogens is 441 g/mol. The number of carbonyl (C=O) groups excluding carboxylic acids is 1. The minimum absolute atomic E-state index is 0.135. The fourth-order valence-corrected chi connectivity index (χ4v) is 3.91. The van der Waals surface area contributed by atoms with Crippen molar-refractivity contribution in [1.82, 2.24) is 14.9 Å². The van der Waals surface area contributed by atoms with Crippen molar-refractivity contribution in [3.05, 3.63) is 62.1 Å². The Morgan fingerprint density at radius 2 is 2.00 bits per heavy atom. The van der Waals surface area contributed by atoms with Crippen LogP contribution in [0.4, 0.5) is 0 Å². The van der Waals surface area contributed by atoms with Crippen LogP contribution < -0.4 is 15.0 Å². The summed E-state index contributed by atoms with van der Waals surface area (Å²) in [6.07, 6.45) is 1.47. The molecule has 0 aliphatic carbocycles. The fourth-order valence-electron chi connectivity index (χ4n) is 3.48. The zero-order valence-corrected chi connectivity index (χ0v) is 18.4. The van der Waals surface area contributed by atoms with Crippen molar-refractivity contribution >= 4 is 40.0 Å². The molecule has 0 bridgehead atoms. The number of benzene rings is 2. The maximum atomic E-state index is 13.3. The zero-order valence-electron chi connectivity index (χ0n) is 16.9. The van der Waals surface area contributed by atoms with E-state index in [0.717, 1.165) is 12.8 Å². The van der Waals surface area contributed by atoms with Gasteiger partial charge in [0.15, 0.2) is 11.5 Å². The first-order valence-electron chi connectivity index (χ1n) is 10.0. The van der Waals surface area contributed by atoms with E-state index in [1.165, 1.54) is 0 Å². The standard InChI is InChI=1S/C22H21Cl2N3O4/c1-2-6-27(12-19-25-17-11-14(23)4-5-15(17)21(28)26-19)22(29)13-9-16(24)20-18(10-13)30-7-3-8-31-20/h4-5,9-11H,2-3,6-8,12H2,1H3,(H,25,26,28). The maximum Gasteiger partial charge on any atom is 0.258 e. The fraction of sp³-hybridized carbons (Fsp3) is 0.318. The van der Waals surface area contributed by atoms with Crippen molar-refractivity contribution in [2.45, 2.75) is 26.3 Å². The molecule has 31 heavy (non-hydrogen) atoms. The summed E-state index contributed by atoms with van der Waals surface area (Å²) < 4.78 is 11.3. The van der Waals surface area contributed by atoms with Gasteiger partial charge in [0.2, 0.25) is 0 Å². The molecule has 0 saturated carbocycles. The van der Waals surface area contributed by atoms with Crippen molar-refractivity contribution in [2.75, 3.05) is 19.8 Å². The highest BCUT2D eigenvalue weighted by Gasteiger charge is 2.22.